The first-order chi connectivity index (χ1) is 11.5. The smallest absolute Gasteiger partial charge is 0.322 e. The standard InChI is InChI=1S/C19H24ClN3O/c1-4-5-17-18-9-7-14(3)22(18)10-11-23(17)19(24)21-16-12-15(20)8-6-13(16)2/h6-9,12,17H,4-5,10-11H2,1-3H3,(H,21,24)/t17-/m0/s1. The van der Waals surface area contributed by atoms with Gasteiger partial charge in [-0.15, -0.1) is 0 Å². The van der Waals surface area contributed by atoms with Gasteiger partial charge in [-0.05, 0) is 50.1 Å². The number of hydrogen-bond donors (Lipinski definition) is 1. The van der Waals surface area contributed by atoms with Crippen molar-refractivity contribution in [3.8, 4) is 0 Å². The number of carbonyl (C=O) groups is 1. The van der Waals surface area contributed by atoms with Crippen LogP contribution in [0.1, 0.15) is 42.8 Å². The van der Waals surface area contributed by atoms with Crippen molar-refractivity contribution in [1.29, 1.82) is 0 Å². The van der Waals surface area contributed by atoms with Gasteiger partial charge in [0.1, 0.15) is 0 Å². The van der Waals surface area contributed by atoms with Gasteiger partial charge >= 0.3 is 6.03 Å². The minimum absolute atomic E-state index is 0.0519. The molecule has 2 amide bonds. The number of hydrogen-bond acceptors (Lipinski definition) is 1. The SMILES string of the molecule is CCC[C@H]1c2ccc(C)n2CCN1C(=O)Nc1cc(Cl)ccc1C. The number of urea groups is 1. The van der Waals surface area contributed by atoms with Crippen LogP contribution in [0.3, 0.4) is 0 Å². The molecule has 0 saturated heterocycles. The van der Waals surface area contributed by atoms with Gasteiger partial charge in [0, 0.05) is 35.2 Å². The highest BCUT2D eigenvalue weighted by Gasteiger charge is 2.31. The van der Waals surface area contributed by atoms with E-state index in [-0.39, 0.29) is 12.1 Å². The van der Waals surface area contributed by atoms with Crippen molar-refractivity contribution in [2.24, 2.45) is 0 Å². The van der Waals surface area contributed by atoms with Gasteiger partial charge in [-0.2, -0.15) is 0 Å². The Balaban J connectivity index is 1.84. The summed E-state index contributed by atoms with van der Waals surface area (Å²) in [4.78, 5) is 14.9. The fourth-order valence-corrected chi connectivity index (χ4v) is 3.62. The largest absolute Gasteiger partial charge is 0.345 e. The van der Waals surface area contributed by atoms with E-state index in [1.807, 2.05) is 24.0 Å². The Morgan fingerprint density at radius 2 is 2.04 bits per heavy atom. The molecule has 0 spiro atoms. The molecule has 1 N–H and O–H groups in total. The van der Waals surface area contributed by atoms with Crippen LogP contribution in [0.4, 0.5) is 10.5 Å². The molecule has 5 heteroatoms. The zero-order valence-electron chi connectivity index (χ0n) is 14.5. The number of nitrogens with zero attached hydrogens (tertiary/aromatic N) is 2. The van der Waals surface area contributed by atoms with Gasteiger partial charge in [0.25, 0.3) is 0 Å². The summed E-state index contributed by atoms with van der Waals surface area (Å²) in [6.07, 6.45) is 2.00. The fourth-order valence-electron chi connectivity index (χ4n) is 3.45. The molecule has 2 heterocycles. The number of halogens is 1. The highest BCUT2D eigenvalue weighted by Crippen LogP contribution is 2.32. The molecule has 3 rings (SSSR count). The second-order valence-electron chi connectivity index (χ2n) is 6.44. The Bertz CT molecular complexity index is 753. The molecule has 0 unspecified atom stereocenters. The van der Waals surface area contributed by atoms with Gasteiger partial charge in [0.2, 0.25) is 0 Å². The molecular weight excluding hydrogens is 322 g/mol. The minimum atomic E-state index is -0.0519. The second kappa shape index (κ2) is 6.89. The van der Waals surface area contributed by atoms with Gasteiger partial charge in [-0.1, -0.05) is 31.0 Å². The first-order valence-corrected chi connectivity index (χ1v) is 8.89. The fraction of sp³-hybridized carbons (Fsp3) is 0.421. The van der Waals surface area contributed by atoms with Crippen molar-refractivity contribution < 1.29 is 4.79 Å². The van der Waals surface area contributed by atoms with E-state index in [4.69, 9.17) is 11.6 Å². The van der Waals surface area contributed by atoms with Crippen LogP contribution in [-0.2, 0) is 6.54 Å². The lowest BCUT2D eigenvalue weighted by Gasteiger charge is -2.37. The van der Waals surface area contributed by atoms with E-state index < -0.39 is 0 Å². The topological polar surface area (TPSA) is 37.3 Å². The van der Waals surface area contributed by atoms with Gasteiger partial charge in [0.15, 0.2) is 0 Å². The highest BCUT2D eigenvalue weighted by molar-refractivity contribution is 6.31. The van der Waals surface area contributed by atoms with Crippen LogP contribution in [0.25, 0.3) is 0 Å². The molecule has 0 bridgehead atoms. The van der Waals surface area contributed by atoms with E-state index in [0.717, 1.165) is 37.2 Å². The average Bonchev–Trinajstić information content (AvgIpc) is 2.93. The van der Waals surface area contributed by atoms with E-state index in [0.29, 0.717) is 5.02 Å². The number of amides is 2. The zero-order valence-corrected chi connectivity index (χ0v) is 15.2. The van der Waals surface area contributed by atoms with Crippen LogP contribution < -0.4 is 5.32 Å². The number of nitrogens with one attached hydrogen (secondary N) is 1. The summed E-state index contributed by atoms with van der Waals surface area (Å²) < 4.78 is 2.33. The Kier molecular flexibility index (Phi) is 4.86. The molecule has 1 aliphatic heterocycles. The molecule has 1 aliphatic rings. The van der Waals surface area contributed by atoms with Gasteiger partial charge < -0.3 is 14.8 Å². The van der Waals surface area contributed by atoms with Crippen molar-refractivity contribution >= 4 is 23.3 Å². The molecule has 1 aromatic heterocycles. The number of aryl methyl sites for hydroxylation is 2. The summed E-state index contributed by atoms with van der Waals surface area (Å²) in [6, 6.07) is 9.93. The lowest BCUT2D eigenvalue weighted by Crippen LogP contribution is -2.44. The van der Waals surface area contributed by atoms with Crippen molar-refractivity contribution in [2.45, 2.75) is 46.2 Å². The average molecular weight is 346 g/mol. The Hall–Kier alpha value is -1.94. The highest BCUT2D eigenvalue weighted by atomic mass is 35.5. The lowest BCUT2D eigenvalue weighted by molar-refractivity contribution is 0.162. The first-order valence-electron chi connectivity index (χ1n) is 8.51. The molecule has 0 radical (unpaired) electrons. The maximum Gasteiger partial charge on any atom is 0.322 e. The third kappa shape index (κ3) is 3.16. The number of aromatic nitrogens is 1. The van der Waals surface area contributed by atoms with E-state index >= 15 is 0 Å². The van der Waals surface area contributed by atoms with Crippen LogP contribution in [0, 0.1) is 13.8 Å². The Morgan fingerprint density at radius 3 is 2.79 bits per heavy atom. The molecule has 1 aromatic carbocycles. The number of benzene rings is 1. The van der Waals surface area contributed by atoms with Crippen LogP contribution >= 0.6 is 11.6 Å². The molecule has 0 saturated carbocycles. The first kappa shape index (κ1) is 16.9. The molecule has 24 heavy (non-hydrogen) atoms. The minimum Gasteiger partial charge on any atom is -0.345 e. The van der Waals surface area contributed by atoms with Gasteiger partial charge in [-0.25, -0.2) is 4.79 Å². The van der Waals surface area contributed by atoms with E-state index in [1.54, 1.807) is 6.07 Å². The van der Waals surface area contributed by atoms with Crippen molar-refractivity contribution in [3.05, 3.63) is 52.3 Å². The second-order valence-corrected chi connectivity index (χ2v) is 6.87. The number of carbonyl (C=O) groups excluding carboxylic acids is 1. The van der Waals surface area contributed by atoms with Crippen LogP contribution in [-0.4, -0.2) is 22.0 Å². The summed E-state index contributed by atoms with van der Waals surface area (Å²) in [5.74, 6) is 0. The predicted molar refractivity (Wildman–Crippen MR) is 98.7 cm³/mol. The third-order valence-corrected chi connectivity index (χ3v) is 5.01. The molecule has 2 aromatic rings. The zero-order chi connectivity index (χ0) is 17.3. The number of rotatable bonds is 3. The maximum absolute atomic E-state index is 12.9. The van der Waals surface area contributed by atoms with Crippen molar-refractivity contribution in [3.63, 3.8) is 0 Å². The molecule has 128 valence electrons. The summed E-state index contributed by atoms with van der Waals surface area (Å²) in [6.45, 7) is 7.82. The van der Waals surface area contributed by atoms with E-state index in [1.165, 1.54) is 11.4 Å². The predicted octanol–water partition coefficient (Wildman–Crippen LogP) is 5.15. The number of fused-ring (bicyclic) bond motifs is 1. The third-order valence-electron chi connectivity index (χ3n) is 4.78. The van der Waals surface area contributed by atoms with E-state index in [9.17, 15) is 4.79 Å². The summed E-state index contributed by atoms with van der Waals surface area (Å²) in [5.41, 5.74) is 4.28. The quantitative estimate of drug-likeness (QED) is 0.820. The lowest BCUT2D eigenvalue weighted by atomic mass is 10.0. The summed E-state index contributed by atoms with van der Waals surface area (Å²) >= 11 is 6.07. The van der Waals surface area contributed by atoms with Crippen LogP contribution in [0.15, 0.2) is 30.3 Å². The van der Waals surface area contributed by atoms with Crippen LogP contribution in [0.5, 0.6) is 0 Å². The summed E-state index contributed by atoms with van der Waals surface area (Å²) in [7, 11) is 0. The summed E-state index contributed by atoms with van der Waals surface area (Å²) in [5, 5.41) is 3.67. The normalized spacial score (nSPS) is 16.8. The Labute approximate surface area is 148 Å². The van der Waals surface area contributed by atoms with E-state index in [2.05, 4.69) is 35.9 Å². The van der Waals surface area contributed by atoms with Crippen molar-refractivity contribution in [1.82, 2.24) is 9.47 Å². The van der Waals surface area contributed by atoms with Crippen LogP contribution in [0.2, 0.25) is 5.02 Å². The number of anilines is 1. The molecule has 1 atom stereocenters. The van der Waals surface area contributed by atoms with Gasteiger partial charge in [0.05, 0.1) is 6.04 Å². The van der Waals surface area contributed by atoms with Crippen molar-refractivity contribution in [2.75, 3.05) is 11.9 Å². The Morgan fingerprint density at radius 1 is 1.25 bits per heavy atom. The monoisotopic (exact) mass is 345 g/mol. The maximum atomic E-state index is 12.9. The molecular formula is C19H24ClN3O. The molecule has 0 fully saturated rings. The molecule has 0 aliphatic carbocycles. The molecule has 4 nitrogen and oxygen atoms in total. The van der Waals surface area contributed by atoms with Gasteiger partial charge in [-0.3, -0.25) is 0 Å².